The van der Waals surface area contributed by atoms with Crippen molar-refractivity contribution in [3.05, 3.63) is 34.2 Å². The fraction of sp³-hybridized carbons (Fsp3) is 0.583. The van der Waals surface area contributed by atoms with Crippen LogP contribution in [0, 0.1) is 0 Å². The van der Waals surface area contributed by atoms with Crippen LogP contribution >= 0.6 is 0 Å². The second kappa shape index (κ2) is 10.4. The monoisotopic (exact) mass is 474 g/mol. The van der Waals surface area contributed by atoms with E-state index in [-0.39, 0.29) is 24.1 Å². The third kappa shape index (κ3) is 5.85. The molecule has 1 aromatic carbocycles. The minimum Gasteiger partial charge on any atom is -0.444 e. The maximum absolute atomic E-state index is 13.0. The SMILES string of the molecule is CN(CCOCCCc1cccc2c1n(C)c(=O)n2C1CCC(=O)NC1=O)C(=O)OC(C)(C)C. The van der Waals surface area contributed by atoms with Gasteiger partial charge in [-0.15, -0.1) is 0 Å². The van der Waals surface area contributed by atoms with E-state index in [1.54, 1.807) is 18.7 Å². The van der Waals surface area contributed by atoms with Gasteiger partial charge in [-0.2, -0.15) is 0 Å². The molecule has 0 bridgehead atoms. The molecule has 0 radical (unpaired) electrons. The van der Waals surface area contributed by atoms with Crippen molar-refractivity contribution in [3.63, 3.8) is 0 Å². The summed E-state index contributed by atoms with van der Waals surface area (Å²) in [5.41, 5.74) is 1.63. The molecule has 0 saturated carbocycles. The average molecular weight is 475 g/mol. The van der Waals surface area contributed by atoms with Gasteiger partial charge in [-0.05, 0) is 51.7 Å². The highest BCUT2D eigenvalue weighted by Crippen LogP contribution is 2.25. The second-order valence-corrected chi connectivity index (χ2v) is 9.58. The molecule has 2 heterocycles. The molecular formula is C24H34N4O6. The third-order valence-electron chi connectivity index (χ3n) is 5.72. The lowest BCUT2D eigenvalue weighted by Crippen LogP contribution is -2.44. The Kier molecular flexibility index (Phi) is 7.81. The fourth-order valence-electron chi connectivity index (χ4n) is 4.05. The zero-order chi connectivity index (χ0) is 25.0. The molecule has 1 aromatic heterocycles. The summed E-state index contributed by atoms with van der Waals surface area (Å²) in [7, 11) is 3.37. The zero-order valence-corrected chi connectivity index (χ0v) is 20.6. The summed E-state index contributed by atoms with van der Waals surface area (Å²) in [5.74, 6) is -0.756. The maximum atomic E-state index is 13.0. The van der Waals surface area contributed by atoms with Gasteiger partial charge in [0.15, 0.2) is 0 Å². The van der Waals surface area contributed by atoms with E-state index in [0.29, 0.717) is 38.1 Å². The van der Waals surface area contributed by atoms with Crippen molar-refractivity contribution in [2.45, 2.75) is 58.1 Å². The maximum Gasteiger partial charge on any atom is 0.410 e. The minimum absolute atomic E-state index is 0.208. The number of hydrogen-bond acceptors (Lipinski definition) is 6. The summed E-state index contributed by atoms with van der Waals surface area (Å²) in [6, 6.07) is 4.96. The van der Waals surface area contributed by atoms with Gasteiger partial charge in [-0.1, -0.05) is 12.1 Å². The minimum atomic E-state index is -0.700. The van der Waals surface area contributed by atoms with Gasteiger partial charge in [0.2, 0.25) is 11.8 Å². The number of carbonyl (C=O) groups is 3. The molecule has 3 rings (SSSR count). The summed E-state index contributed by atoms with van der Waals surface area (Å²) in [5, 5.41) is 2.33. The first kappa shape index (κ1) is 25.5. The predicted octanol–water partition coefficient (Wildman–Crippen LogP) is 2.13. The van der Waals surface area contributed by atoms with Crippen LogP contribution in [0.2, 0.25) is 0 Å². The number of nitrogens with zero attached hydrogens (tertiary/aromatic N) is 3. The Balaban J connectivity index is 1.59. The van der Waals surface area contributed by atoms with E-state index in [1.165, 1.54) is 9.47 Å². The van der Waals surface area contributed by atoms with E-state index in [0.717, 1.165) is 17.5 Å². The van der Waals surface area contributed by atoms with E-state index in [4.69, 9.17) is 9.47 Å². The number of imide groups is 1. The Labute approximate surface area is 198 Å². The van der Waals surface area contributed by atoms with Crippen LogP contribution < -0.4 is 11.0 Å². The molecule has 1 N–H and O–H groups in total. The van der Waals surface area contributed by atoms with Crippen molar-refractivity contribution >= 4 is 28.9 Å². The molecule has 2 aromatic rings. The quantitative estimate of drug-likeness (QED) is 0.463. The van der Waals surface area contributed by atoms with Crippen LogP contribution in [0.1, 0.15) is 51.6 Å². The van der Waals surface area contributed by atoms with Gasteiger partial charge in [0.1, 0.15) is 11.6 Å². The molecule has 0 spiro atoms. The second-order valence-electron chi connectivity index (χ2n) is 9.58. The van der Waals surface area contributed by atoms with Gasteiger partial charge in [-0.25, -0.2) is 9.59 Å². The summed E-state index contributed by atoms with van der Waals surface area (Å²) >= 11 is 0. The lowest BCUT2D eigenvalue weighted by molar-refractivity contribution is -0.135. The number of carbonyl (C=O) groups excluding carboxylic acids is 3. The Morgan fingerprint density at radius 3 is 2.62 bits per heavy atom. The summed E-state index contributed by atoms with van der Waals surface area (Å²) < 4.78 is 14.1. The molecule has 1 fully saturated rings. The number of imidazole rings is 1. The lowest BCUT2D eigenvalue weighted by Gasteiger charge is -2.24. The standard InChI is InChI=1S/C24H34N4O6/c1-24(2,3)34-23(32)26(4)13-15-33-14-7-9-16-8-6-10-17-20(16)27(5)22(31)28(17)18-11-12-19(29)25-21(18)30/h6,8,10,18H,7,9,11-15H2,1-5H3,(H,25,29,30). The molecule has 1 saturated heterocycles. The summed E-state index contributed by atoms with van der Waals surface area (Å²) in [6.45, 7) is 6.79. The molecule has 34 heavy (non-hydrogen) atoms. The van der Waals surface area contributed by atoms with Crippen LogP contribution in [0.15, 0.2) is 23.0 Å². The number of benzene rings is 1. The third-order valence-corrected chi connectivity index (χ3v) is 5.72. The van der Waals surface area contributed by atoms with Crippen LogP contribution in [-0.4, -0.2) is 64.3 Å². The smallest absolute Gasteiger partial charge is 0.410 e. The number of hydrogen-bond donors (Lipinski definition) is 1. The topological polar surface area (TPSA) is 112 Å². The van der Waals surface area contributed by atoms with Crippen molar-refractivity contribution in [2.24, 2.45) is 7.05 Å². The predicted molar refractivity (Wildman–Crippen MR) is 127 cm³/mol. The summed E-state index contributed by atoms with van der Waals surface area (Å²) in [4.78, 5) is 50.3. The van der Waals surface area contributed by atoms with E-state index < -0.39 is 17.6 Å². The van der Waals surface area contributed by atoms with E-state index >= 15 is 0 Å². The lowest BCUT2D eigenvalue weighted by atomic mass is 10.0. The largest absolute Gasteiger partial charge is 0.444 e. The molecule has 10 heteroatoms. The average Bonchev–Trinajstić information content (AvgIpc) is 3.00. The van der Waals surface area contributed by atoms with Gasteiger partial charge in [0, 0.05) is 33.7 Å². The zero-order valence-electron chi connectivity index (χ0n) is 20.6. The Bertz CT molecular complexity index is 1130. The number of rotatable bonds is 8. The van der Waals surface area contributed by atoms with Gasteiger partial charge in [0.05, 0.1) is 17.6 Å². The fourth-order valence-corrected chi connectivity index (χ4v) is 4.05. The number of fused-ring (bicyclic) bond motifs is 1. The van der Waals surface area contributed by atoms with Crippen molar-refractivity contribution in [2.75, 3.05) is 26.8 Å². The first-order chi connectivity index (χ1) is 16.0. The number of ether oxygens (including phenoxy) is 2. The van der Waals surface area contributed by atoms with Crippen LogP contribution in [-0.2, 0) is 32.5 Å². The molecule has 0 aliphatic carbocycles. The van der Waals surface area contributed by atoms with E-state index in [2.05, 4.69) is 5.32 Å². The molecule has 1 aliphatic heterocycles. The Morgan fingerprint density at radius 1 is 1.21 bits per heavy atom. The molecule has 1 unspecified atom stereocenters. The Morgan fingerprint density at radius 2 is 1.94 bits per heavy atom. The van der Waals surface area contributed by atoms with Crippen LogP contribution in [0.5, 0.6) is 0 Å². The van der Waals surface area contributed by atoms with Gasteiger partial charge >= 0.3 is 11.8 Å². The van der Waals surface area contributed by atoms with Crippen LogP contribution in [0.25, 0.3) is 11.0 Å². The Hall–Kier alpha value is -3.14. The summed E-state index contributed by atoms with van der Waals surface area (Å²) in [6.07, 6.45) is 1.54. The molecule has 10 nitrogen and oxygen atoms in total. The van der Waals surface area contributed by atoms with Crippen LogP contribution in [0.3, 0.4) is 0 Å². The molecular weight excluding hydrogens is 440 g/mol. The normalized spacial score (nSPS) is 16.6. The van der Waals surface area contributed by atoms with Gasteiger partial charge in [0.25, 0.3) is 0 Å². The number of piperidine rings is 1. The van der Waals surface area contributed by atoms with Crippen molar-refractivity contribution < 1.29 is 23.9 Å². The van der Waals surface area contributed by atoms with E-state index in [1.807, 2.05) is 39.0 Å². The first-order valence-corrected chi connectivity index (χ1v) is 11.5. The van der Waals surface area contributed by atoms with Crippen molar-refractivity contribution in [3.8, 4) is 0 Å². The van der Waals surface area contributed by atoms with E-state index in [9.17, 15) is 19.2 Å². The number of likely N-dealkylation sites (N-methyl/N-ethyl adjacent to an activating group) is 1. The number of aryl methyl sites for hydroxylation is 2. The number of aromatic nitrogens is 2. The highest BCUT2D eigenvalue weighted by molar-refractivity contribution is 6.00. The highest BCUT2D eigenvalue weighted by Gasteiger charge is 2.31. The number of para-hydroxylation sites is 1. The highest BCUT2D eigenvalue weighted by atomic mass is 16.6. The van der Waals surface area contributed by atoms with Crippen LogP contribution in [0.4, 0.5) is 4.79 Å². The van der Waals surface area contributed by atoms with Crippen molar-refractivity contribution in [1.82, 2.24) is 19.4 Å². The van der Waals surface area contributed by atoms with Gasteiger partial charge in [-0.3, -0.25) is 24.0 Å². The molecule has 186 valence electrons. The first-order valence-electron chi connectivity index (χ1n) is 11.5. The number of amides is 3. The van der Waals surface area contributed by atoms with Crippen molar-refractivity contribution in [1.29, 1.82) is 0 Å². The molecule has 3 amide bonds. The molecule has 1 atom stereocenters. The number of nitrogens with one attached hydrogen (secondary N) is 1. The van der Waals surface area contributed by atoms with Gasteiger partial charge < -0.3 is 14.4 Å². The molecule has 1 aliphatic rings.